The Morgan fingerprint density at radius 1 is 1.33 bits per heavy atom. The highest BCUT2D eigenvalue weighted by atomic mass is 16.5. The van der Waals surface area contributed by atoms with Gasteiger partial charge in [-0.05, 0) is 37.0 Å². The summed E-state index contributed by atoms with van der Waals surface area (Å²) in [6.45, 7) is 7.17. The largest absolute Gasteiger partial charge is 0.383 e. The van der Waals surface area contributed by atoms with Crippen molar-refractivity contribution < 1.29 is 4.74 Å². The molecule has 0 aliphatic carbocycles. The van der Waals surface area contributed by atoms with Crippen LogP contribution in [-0.4, -0.2) is 37.7 Å². The Hall–Kier alpha value is -0.900. The maximum Gasteiger partial charge on any atom is 0.0589 e. The van der Waals surface area contributed by atoms with Gasteiger partial charge < -0.3 is 10.5 Å². The second-order valence-corrected chi connectivity index (χ2v) is 5.23. The summed E-state index contributed by atoms with van der Waals surface area (Å²) in [5.41, 5.74) is 10.4. The molecule has 1 saturated heterocycles. The van der Waals surface area contributed by atoms with Gasteiger partial charge in [-0.15, -0.1) is 0 Å². The first-order chi connectivity index (χ1) is 8.65. The second-order valence-electron chi connectivity index (χ2n) is 5.23. The second kappa shape index (κ2) is 5.83. The van der Waals surface area contributed by atoms with Crippen LogP contribution in [0.4, 0.5) is 0 Å². The smallest absolute Gasteiger partial charge is 0.0589 e. The van der Waals surface area contributed by atoms with Crippen LogP contribution in [-0.2, 0) is 4.74 Å². The van der Waals surface area contributed by atoms with E-state index in [0.717, 1.165) is 26.1 Å². The molecule has 2 N–H and O–H groups in total. The topological polar surface area (TPSA) is 38.5 Å². The Morgan fingerprint density at radius 3 is 2.61 bits per heavy atom. The third kappa shape index (κ3) is 2.58. The average molecular weight is 248 g/mol. The van der Waals surface area contributed by atoms with Crippen LogP contribution in [0.1, 0.15) is 29.2 Å². The molecule has 18 heavy (non-hydrogen) atoms. The summed E-state index contributed by atoms with van der Waals surface area (Å²) in [7, 11) is 1.75. The fourth-order valence-corrected chi connectivity index (χ4v) is 3.03. The monoisotopic (exact) mass is 248 g/mol. The van der Waals surface area contributed by atoms with Crippen molar-refractivity contribution >= 4 is 0 Å². The van der Waals surface area contributed by atoms with Crippen molar-refractivity contribution in [3.8, 4) is 0 Å². The number of aryl methyl sites for hydroxylation is 2. The van der Waals surface area contributed by atoms with Crippen molar-refractivity contribution in [2.24, 2.45) is 5.73 Å². The number of nitrogens with zero attached hydrogens (tertiary/aromatic N) is 1. The van der Waals surface area contributed by atoms with Crippen LogP contribution < -0.4 is 5.73 Å². The first-order valence-electron chi connectivity index (χ1n) is 6.70. The van der Waals surface area contributed by atoms with Gasteiger partial charge in [0.1, 0.15) is 0 Å². The Labute approximate surface area is 110 Å². The van der Waals surface area contributed by atoms with E-state index in [1.54, 1.807) is 7.11 Å². The summed E-state index contributed by atoms with van der Waals surface area (Å²) in [5, 5.41) is 0. The fraction of sp³-hybridized carbons (Fsp3) is 0.600. The Bertz CT molecular complexity index is 385. The molecule has 0 amide bonds. The first-order valence-corrected chi connectivity index (χ1v) is 6.70. The van der Waals surface area contributed by atoms with Gasteiger partial charge in [0, 0.05) is 26.2 Å². The molecular weight excluding hydrogens is 224 g/mol. The van der Waals surface area contributed by atoms with Crippen LogP contribution >= 0.6 is 0 Å². The summed E-state index contributed by atoms with van der Waals surface area (Å²) in [4.78, 5) is 2.46. The molecule has 1 aliphatic rings. The molecule has 0 radical (unpaired) electrons. The number of nitrogens with two attached hydrogens (primary N) is 1. The lowest BCUT2D eigenvalue weighted by molar-refractivity contribution is 0.138. The van der Waals surface area contributed by atoms with Crippen LogP contribution in [0.15, 0.2) is 18.2 Å². The van der Waals surface area contributed by atoms with Crippen LogP contribution in [0.25, 0.3) is 0 Å². The number of hydrogen-bond acceptors (Lipinski definition) is 3. The molecule has 2 atom stereocenters. The lowest BCUT2D eigenvalue weighted by atomic mass is 9.92. The minimum Gasteiger partial charge on any atom is -0.383 e. The molecule has 3 heteroatoms. The predicted molar refractivity (Wildman–Crippen MR) is 74.7 cm³/mol. The molecule has 2 unspecified atom stereocenters. The van der Waals surface area contributed by atoms with Crippen LogP contribution in [0.3, 0.4) is 0 Å². The minimum atomic E-state index is 0.238. The Kier molecular flexibility index (Phi) is 4.38. The fourth-order valence-electron chi connectivity index (χ4n) is 3.03. The molecule has 1 fully saturated rings. The number of benzene rings is 1. The zero-order valence-electron chi connectivity index (χ0n) is 11.6. The van der Waals surface area contributed by atoms with Gasteiger partial charge in [0.2, 0.25) is 0 Å². The standard InChI is InChI=1S/C15H24N2O/c1-11-5-4-6-12(2)14(11)15-13(16)7-8-17(15)9-10-18-3/h4-6,13,15H,7-10,16H2,1-3H3. The van der Waals surface area contributed by atoms with Gasteiger partial charge in [0.05, 0.1) is 12.6 Å². The van der Waals surface area contributed by atoms with E-state index >= 15 is 0 Å². The molecule has 0 bridgehead atoms. The highest BCUT2D eigenvalue weighted by Crippen LogP contribution is 2.34. The number of hydrogen-bond donors (Lipinski definition) is 1. The van der Waals surface area contributed by atoms with Gasteiger partial charge in [-0.25, -0.2) is 0 Å². The summed E-state index contributed by atoms with van der Waals surface area (Å²) >= 11 is 0. The molecule has 1 aromatic carbocycles. The summed E-state index contributed by atoms with van der Waals surface area (Å²) < 4.78 is 5.20. The van der Waals surface area contributed by atoms with Crippen molar-refractivity contribution in [3.63, 3.8) is 0 Å². The maximum atomic E-state index is 6.33. The van der Waals surface area contributed by atoms with E-state index in [9.17, 15) is 0 Å². The molecule has 1 aromatic rings. The van der Waals surface area contributed by atoms with E-state index in [2.05, 4.69) is 36.9 Å². The maximum absolute atomic E-state index is 6.33. The summed E-state index contributed by atoms with van der Waals surface area (Å²) in [6, 6.07) is 7.07. The SMILES string of the molecule is COCCN1CCC(N)C1c1c(C)cccc1C. The van der Waals surface area contributed by atoms with Gasteiger partial charge in [-0.1, -0.05) is 18.2 Å². The van der Waals surface area contributed by atoms with Crippen molar-refractivity contribution in [3.05, 3.63) is 34.9 Å². The number of rotatable bonds is 4. The van der Waals surface area contributed by atoms with Gasteiger partial charge in [0.15, 0.2) is 0 Å². The lowest BCUT2D eigenvalue weighted by Gasteiger charge is -2.29. The molecule has 0 spiro atoms. The van der Waals surface area contributed by atoms with E-state index in [1.165, 1.54) is 16.7 Å². The number of ether oxygens (including phenoxy) is 1. The quantitative estimate of drug-likeness (QED) is 0.886. The highest BCUT2D eigenvalue weighted by Gasteiger charge is 2.34. The molecule has 100 valence electrons. The zero-order valence-corrected chi connectivity index (χ0v) is 11.6. The Balaban J connectivity index is 2.28. The average Bonchev–Trinajstić information content (AvgIpc) is 2.69. The van der Waals surface area contributed by atoms with Gasteiger partial charge in [-0.2, -0.15) is 0 Å². The molecule has 0 saturated carbocycles. The molecule has 2 rings (SSSR count). The van der Waals surface area contributed by atoms with Crippen molar-refractivity contribution in [1.82, 2.24) is 4.90 Å². The van der Waals surface area contributed by atoms with Gasteiger partial charge in [-0.3, -0.25) is 4.90 Å². The van der Waals surface area contributed by atoms with Crippen molar-refractivity contribution in [2.75, 3.05) is 26.8 Å². The van der Waals surface area contributed by atoms with Crippen LogP contribution in [0, 0.1) is 13.8 Å². The molecule has 0 aromatic heterocycles. The molecule has 1 heterocycles. The molecule has 1 aliphatic heterocycles. The first kappa shape index (κ1) is 13.5. The third-order valence-corrected chi connectivity index (χ3v) is 3.97. The van der Waals surface area contributed by atoms with Gasteiger partial charge >= 0.3 is 0 Å². The zero-order chi connectivity index (χ0) is 13.1. The van der Waals surface area contributed by atoms with Crippen LogP contribution in [0.2, 0.25) is 0 Å². The van der Waals surface area contributed by atoms with Crippen LogP contribution in [0.5, 0.6) is 0 Å². The number of methoxy groups -OCH3 is 1. The normalized spacial score (nSPS) is 24.7. The van der Waals surface area contributed by atoms with E-state index in [4.69, 9.17) is 10.5 Å². The molecule has 3 nitrogen and oxygen atoms in total. The van der Waals surface area contributed by atoms with E-state index in [0.29, 0.717) is 6.04 Å². The van der Waals surface area contributed by atoms with E-state index in [1.807, 2.05) is 0 Å². The summed E-state index contributed by atoms with van der Waals surface area (Å²) in [6.07, 6.45) is 1.07. The molecular formula is C15H24N2O. The van der Waals surface area contributed by atoms with Crippen molar-refractivity contribution in [2.45, 2.75) is 32.4 Å². The van der Waals surface area contributed by atoms with Gasteiger partial charge in [0.25, 0.3) is 0 Å². The summed E-state index contributed by atoms with van der Waals surface area (Å²) in [5.74, 6) is 0. The predicted octanol–water partition coefficient (Wildman–Crippen LogP) is 2.02. The minimum absolute atomic E-state index is 0.238. The lowest BCUT2D eigenvalue weighted by Crippen LogP contribution is -2.34. The highest BCUT2D eigenvalue weighted by molar-refractivity contribution is 5.37. The van der Waals surface area contributed by atoms with E-state index in [-0.39, 0.29) is 6.04 Å². The third-order valence-electron chi connectivity index (χ3n) is 3.97. The van der Waals surface area contributed by atoms with E-state index < -0.39 is 0 Å². The Morgan fingerprint density at radius 2 is 2.00 bits per heavy atom. The van der Waals surface area contributed by atoms with Crippen molar-refractivity contribution in [1.29, 1.82) is 0 Å². The number of likely N-dealkylation sites (tertiary alicyclic amines) is 1.